The first-order valence-corrected chi connectivity index (χ1v) is 7.82. The Morgan fingerprint density at radius 2 is 1.86 bits per heavy atom. The summed E-state index contributed by atoms with van der Waals surface area (Å²) in [4.78, 5) is 21.0. The van der Waals surface area contributed by atoms with Gasteiger partial charge in [0.05, 0.1) is 15.9 Å². The first-order chi connectivity index (χ1) is 10.8. The molecule has 0 fully saturated rings. The van der Waals surface area contributed by atoms with Gasteiger partial charge < -0.3 is 4.98 Å². The van der Waals surface area contributed by atoms with E-state index >= 15 is 0 Å². The lowest BCUT2D eigenvalue weighted by Crippen LogP contribution is -1.97. The Kier molecular flexibility index (Phi) is 3.09. The van der Waals surface area contributed by atoms with Gasteiger partial charge in [0.25, 0.3) is 0 Å². The maximum atomic E-state index is 12.4. The normalized spacial score (nSPS) is 10.9. The molecule has 0 atom stereocenters. The molecular weight excluding hydrogens is 292 g/mol. The number of thiophene rings is 1. The van der Waals surface area contributed by atoms with Crippen LogP contribution in [0.5, 0.6) is 0 Å². The molecule has 4 rings (SSSR count). The van der Waals surface area contributed by atoms with Crippen LogP contribution < -0.4 is 0 Å². The van der Waals surface area contributed by atoms with Crippen LogP contribution in [0.25, 0.3) is 22.4 Å². The highest BCUT2D eigenvalue weighted by molar-refractivity contribution is 7.12. The molecule has 0 spiro atoms. The van der Waals surface area contributed by atoms with Crippen molar-refractivity contribution >= 4 is 28.2 Å². The largest absolute Gasteiger partial charge is 0.338 e. The maximum absolute atomic E-state index is 12.4. The number of rotatable bonds is 3. The van der Waals surface area contributed by atoms with E-state index in [0.29, 0.717) is 5.56 Å². The highest BCUT2D eigenvalue weighted by atomic mass is 32.1. The van der Waals surface area contributed by atoms with Gasteiger partial charge in [-0.25, -0.2) is 4.98 Å². The minimum atomic E-state index is 0.0489. The molecular formula is C18H12N2OS. The monoisotopic (exact) mass is 304 g/mol. The first-order valence-electron chi connectivity index (χ1n) is 6.95. The SMILES string of the molecule is O=C(c1ccc2nc(-c3ccccc3)[nH]c2c1)c1cccs1. The van der Waals surface area contributed by atoms with Crippen LogP contribution in [-0.2, 0) is 0 Å². The van der Waals surface area contributed by atoms with E-state index in [4.69, 9.17) is 0 Å². The third kappa shape index (κ3) is 2.23. The quantitative estimate of drug-likeness (QED) is 0.565. The van der Waals surface area contributed by atoms with E-state index in [1.54, 1.807) is 0 Å². The van der Waals surface area contributed by atoms with E-state index in [1.165, 1.54) is 11.3 Å². The Labute approximate surface area is 131 Å². The zero-order valence-corrected chi connectivity index (χ0v) is 12.4. The van der Waals surface area contributed by atoms with Gasteiger partial charge in [0, 0.05) is 11.1 Å². The smallest absolute Gasteiger partial charge is 0.203 e. The molecule has 0 saturated carbocycles. The summed E-state index contributed by atoms with van der Waals surface area (Å²) in [5.74, 6) is 0.865. The van der Waals surface area contributed by atoms with E-state index in [1.807, 2.05) is 66.0 Å². The zero-order valence-electron chi connectivity index (χ0n) is 11.6. The van der Waals surface area contributed by atoms with Crippen LogP contribution in [-0.4, -0.2) is 15.8 Å². The number of hydrogen-bond donors (Lipinski definition) is 1. The predicted octanol–water partition coefficient (Wildman–Crippen LogP) is 4.52. The average Bonchev–Trinajstić information content (AvgIpc) is 3.23. The Hall–Kier alpha value is -2.72. The van der Waals surface area contributed by atoms with E-state index in [-0.39, 0.29) is 5.78 Å². The number of fused-ring (bicyclic) bond motifs is 1. The van der Waals surface area contributed by atoms with Crippen molar-refractivity contribution in [2.24, 2.45) is 0 Å². The van der Waals surface area contributed by atoms with E-state index in [9.17, 15) is 4.79 Å². The fourth-order valence-electron chi connectivity index (χ4n) is 2.43. The van der Waals surface area contributed by atoms with E-state index < -0.39 is 0 Å². The van der Waals surface area contributed by atoms with Crippen molar-refractivity contribution < 1.29 is 4.79 Å². The molecule has 2 aromatic heterocycles. The molecule has 0 amide bonds. The number of carbonyl (C=O) groups excluding carboxylic acids is 1. The van der Waals surface area contributed by atoms with Crippen LogP contribution in [0, 0.1) is 0 Å². The molecule has 1 N–H and O–H groups in total. The van der Waals surface area contributed by atoms with Crippen LogP contribution >= 0.6 is 11.3 Å². The van der Waals surface area contributed by atoms with Gasteiger partial charge >= 0.3 is 0 Å². The maximum Gasteiger partial charge on any atom is 0.203 e. The summed E-state index contributed by atoms with van der Waals surface area (Å²) in [6, 6.07) is 19.3. The van der Waals surface area contributed by atoms with Crippen molar-refractivity contribution in [2.45, 2.75) is 0 Å². The predicted molar refractivity (Wildman–Crippen MR) is 89.3 cm³/mol. The summed E-state index contributed by atoms with van der Waals surface area (Å²) in [6.45, 7) is 0. The van der Waals surface area contributed by atoms with Gasteiger partial charge in [0.15, 0.2) is 0 Å². The molecule has 0 aliphatic carbocycles. The number of nitrogens with one attached hydrogen (secondary N) is 1. The second kappa shape index (κ2) is 5.24. The van der Waals surface area contributed by atoms with Crippen molar-refractivity contribution in [1.82, 2.24) is 9.97 Å². The first kappa shape index (κ1) is 13.0. The lowest BCUT2D eigenvalue weighted by molar-refractivity contribution is 0.104. The van der Waals surface area contributed by atoms with Crippen LogP contribution in [0.3, 0.4) is 0 Å². The zero-order chi connectivity index (χ0) is 14.9. The number of aromatic nitrogens is 2. The highest BCUT2D eigenvalue weighted by Gasteiger charge is 2.12. The number of ketones is 1. The number of H-pyrrole nitrogens is 1. The molecule has 3 nitrogen and oxygen atoms in total. The topological polar surface area (TPSA) is 45.8 Å². The summed E-state index contributed by atoms with van der Waals surface area (Å²) in [5, 5.41) is 1.91. The number of hydrogen-bond acceptors (Lipinski definition) is 3. The molecule has 4 heteroatoms. The molecule has 0 saturated heterocycles. The molecule has 2 aromatic carbocycles. The summed E-state index contributed by atoms with van der Waals surface area (Å²) in [7, 11) is 0. The van der Waals surface area contributed by atoms with Crippen molar-refractivity contribution in [1.29, 1.82) is 0 Å². The number of imidazole rings is 1. The Balaban J connectivity index is 1.77. The minimum Gasteiger partial charge on any atom is -0.338 e. The molecule has 0 bridgehead atoms. The molecule has 22 heavy (non-hydrogen) atoms. The molecule has 4 aromatic rings. The van der Waals surface area contributed by atoms with E-state index in [0.717, 1.165) is 27.3 Å². The van der Waals surface area contributed by atoms with Crippen molar-refractivity contribution in [3.63, 3.8) is 0 Å². The number of aromatic amines is 1. The van der Waals surface area contributed by atoms with Gasteiger partial charge in [-0.15, -0.1) is 11.3 Å². The van der Waals surface area contributed by atoms with Crippen LogP contribution in [0.4, 0.5) is 0 Å². The Morgan fingerprint density at radius 3 is 2.64 bits per heavy atom. The summed E-state index contributed by atoms with van der Waals surface area (Å²) >= 11 is 1.46. The summed E-state index contributed by atoms with van der Waals surface area (Å²) < 4.78 is 0. The van der Waals surface area contributed by atoms with Crippen molar-refractivity contribution in [3.8, 4) is 11.4 Å². The van der Waals surface area contributed by atoms with Gasteiger partial charge in [0.1, 0.15) is 5.82 Å². The molecule has 2 heterocycles. The summed E-state index contributed by atoms with van der Waals surface area (Å²) in [5.41, 5.74) is 3.45. The van der Waals surface area contributed by atoms with E-state index in [2.05, 4.69) is 9.97 Å². The van der Waals surface area contributed by atoms with Gasteiger partial charge in [0.2, 0.25) is 5.78 Å². The molecule has 0 aliphatic rings. The number of benzene rings is 2. The third-order valence-corrected chi connectivity index (χ3v) is 4.40. The average molecular weight is 304 g/mol. The van der Waals surface area contributed by atoms with Crippen LogP contribution in [0.2, 0.25) is 0 Å². The van der Waals surface area contributed by atoms with Crippen molar-refractivity contribution in [2.75, 3.05) is 0 Å². The second-order valence-corrected chi connectivity index (χ2v) is 5.94. The number of carbonyl (C=O) groups is 1. The second-order valence-electron chi connectivity index (χ2n) is 4.99. The molecule has 0 radical (unpaired) electrons. The molecule has 0 aliphatic heterocycles. The fourth-order valence-corrected chi connectivity index (χ4v) is 3.12. The van der Waals surface area contributed by atoms with Crippen LogP contribution in [0.1, 0.15) is 15.2 Å². The van der Waals surface area contributed by atoms with Gasteiger partial charge in [-0.05, 0) is 29.6 Å². The molecule has 0 unspecified atom stereocenters. The fraction of sp³-hybridized carbons (Fsp3) is 0. The Bertz CT molecular complexity index is 940. The Morgan fingerprint density at radius 1 is 1.00 bits per heavy atom. The lowest BCUT2D eigenvalue weighted by atomic mass is 10.1. The number of nitrogens with zero attached hydrogens (tertiary/aromatic N) is 1. The summed E-state index contributed by atoms with van der Waals surface area (Å²) in [6.07, 6.45) is 0. The van der Waals surface area contributed by atoms with Crippen molar-refractivity contribution in [3.05, 3.63) is 76.5 Å². The molecule has 106 valence electrons. The minimum absolute atomic E-state index is 0.0489. The van der Waals surface area contributed by atoms with Crippen LogP contribution in [0.15, 0.2) is 66.0 Å². The third-order valence-electron chi connectivity index (χ3n) is 3.54. The van der Waals surface area contributed by atoms with Gasteiger partial charge in [-0.2, -0.15) is 0 Å². The van der Waals surface area contributed by atoms with Gasteiger partial charge in [-0.1, -0.05) is 36.4 Å². The highest BCUT2D eigenvalue weighted by Crippen LogP contribution is 2.23. The standard InChI is InChI=1S/C18H12N2OS/c21-17(16-7-4-10-22-16)13-8-9-14-15(11-13)20-18(19-14)12-5-2-1-3-6-12/h1-11H,(H,19,20). The lowest BCUT2D eigenvalue weighted by Gasteiger charge is -1.97. The van der Waals surface area contributed by atoms with Gasteiger partial charge in [-0.3, -0.25) is 4.79 Å².